The van der Waals surface area contributed by atoms with Gasteiger partial charge < -0.3 is 15.1 Å². The van der Waals surface area contributed by atoms with E-state index < -0.39 is 0 Å². The van der Waals surface area contributed by atoms with Gasteiger partial charge >= 0.3 is 0 Å². The van der Waals surface area contributed by atoms with Crippen molar-refractivity contribution < 1.29 is 9.59 Å². The minimum absolute atomic E-state index is 0.0339. The first kappa shape index (κ1) is 18.9. The van der Waals surface area contributed by atoms with Crippen LogP contribution in [0.15, 0.2) is 42.6 Å². The second-order valence-corrected chi connectivity index (χ2v) is 7.32. The van der Waals surface area contributed by atoms with Crippen LogP contribution in [0.3, 0.4) is 0 Å². The van der Waals surface area contributed by atoms with E-state index in [1.54, 1.807) is 12.1 Å². The highest BCUT2D eigenvalue weighted by Gasteiger charge is 2.23. The molecule has 3 rings (SSSR count). The molecule has 142 valence electrons. The van der Waals surface area contributed by atoms with E-state index in [2.05, 4.69) is 17.2 Å². The molecule has 2 heterocycles. The Balaban J connectivity index is 1.70. The van der Waals surface area contributed by atoms with Gasteiger partial charge in [0.1, 0.15) is 5.69 Å². The zero-order valence-electron chi connectivity index (χ0n) is 16.1. The Morgan fingerprint density at radius 3 is 2.59 bits per heavy atom. The average molecular weight is 366 g/mol. The number of hydrogen-bond donors (Lipinski definition) is 1. The van der Waals surface area contributed by atoms with Gasteiger partial charge in [-0.15, -0.1) is 0 Å². The monoisotopic (exact) mass is 366 g/mol. The minimum atomic E-state index is -0.325. The highest BCUT2D eigenvalue weighted by atomic mass is 16.2. The summed E-state index contributed by atoms with van der Waals surface area (Å²) in [7, 11) is 3.92. The third kappa shape index (κ3) is 4.64. The van der Waals surface area contributed by atoms with Gasteiger partial charge in [-0.2, -0.15) is 0 Å². The molecule has 0 spiro atoms. The van der Waals surface area contributed by atoms with Gasteiger partial charge in [0.15, 0.2) is 0 Å². The fourth-order valence-electron chi connectivity index (χ4n) is 3.28. The van der Waals surface area contributed by atoms with Gasteiger partial charge in [-0.3, -0.25) is 14.6 Å². The molecule has 1 saturated heterocycles. The quantitative estimate of drug-likeness (QED) is 0.902. The second kappa shape index (κ2) is 8.20. The zero-order chi connectivity index (χ0) is 19.4. The molecule has 1 unspecified atom stereocenters. The molecule has 6 nitrogen and oxygen atoms in total. The number of anilines is 2. The number of aromatic nitrogens is 1. The molecule has 1 N–H and O–H groups in total. The SMILES string of the molecule is CC1CCCN(C(=O)c2ccnc(C(=O)Nc3ccc(N(C)C)cc3)c2)C1. The average Bonchev–Trinajstić information content (AvgIpc) is 2.68. The Morgan fingerprint density at radius 2 is 1.93 bits per heavy atom. The van der Waals surface area contributed by atoms with Crippen LogP contribution >= 0.6 is 0 Å². The van der Waals surface area contributed by atoms with E-state index in [-0.39, 0.29) is 17.5 Å². The number of pyridine rings is 1. The van der Waals surface area contributed by atoms with Gasteiger partial charge in [0.25, 0.3) is 11.8 Å². The maximum atomic E-state index is 12.7. The number of rotatable bonds is 4. The van der Waals surface area contributed by atoms with Crippen molar-refractivity contribution in [1.82, 2.24) is 9.88 Å². The molecule has 1 aromatic heterocycles. The number of piperidine rings is 1. The number of hydrogen-bond acceptors (Lipinski definition) is 4. The largest absolute Gasteiger partial charge is 0.378 e. The van der Waals surface area contributed by atoms with Crippen LogP contribution in [0.4, 0.5) is 11.4 Å². The Labute approximate surface area is 160 Å². The number of nitrogens with zero attached hydrogens (tertiary/aromatic N) is 3. The van der Waals surface area contributed by atoms with E-state index >= 15 is 0 Å². The minimum Gasteiger partial charge on any atom is -0.378 e. The van der Waals surface area contributed by atoms with Gasteiger partial charge in [0.05, 0.1) is 0 Å². The van der Waals surface area contributed by atoms with Crippen molar-refractivity contribution in [2.75, 3.05) is 37.4 Å². The molecule has 1 fully saturated rings. The highest BCUT2D eigenvalue weighted by molar-refractivity contribution is 6.04. The molecule has 27 heavy (non-hydrogen) atoms. The standard InChI is InChI=1S/C21H26N4O2/c1-15-5-4-12-25(14-15)21(27)16-10-11-22-19(13-16)20(26)23-17-6-8-18(9-7-17)24(2)3/h6-11,13,15H,4-5,12,14H2,1-3H3,(H,23,26). The Morgan fingerprint density at radius 1 is 1.19 bits per heavy atom. The summed E-state index contributed by atoms with van der Waals surface area (Å²) < 4.78 is 0. The summed E-state index contributed by atoms with van der Waals surface area (Å²) >= 11 is 0. The molecular weight excluding hydrogens is 340 g/mol. The third-order valence-corrected chi connectivity index (χ3v) is 4.83. The molecule has 0 radical (unpaired) electrons. The van der Waals surface area contributed by atoms with Crippen molar-refractivity contribution in [3.8, 4) is 0 Å². The van der Waals surface area contributed by atoms with Gasteiger partial charge in [-0.1, -0.05) is 6.92 Å². The van der Waals surface area contributed by atoms with Crippen LogP contribution in [0.25, 0.3) is 0 Å². The van der Waals surface area contributed by atoms with E-state index in [1.165, 1.54) is 6.20 Å². The topological polar surface area (TPSA) is 65.5 Å². The van der Waals surface area contributed by atoms with Crippen LogP contribution in [-0.4, -0.2) is 48.9 Å². The maximum Gasteiger partial charge on any atom is 0.274 e. The molecule has 2 amide bonds. The zero-order valence-corrected chi connectivity index (χ0v) is 16.1. The summed E-state index contributed by atoms with van der Waals surface area (Å²) in [6, 6.07) is 10.8. The first-order chi connectivity index (χ1) is 12.9. The number of nitrogens with one attached hydrogen (secondary N) is 1. The van der Waals surface area contributed by atoms with Crippen molar-refractivity contribution in [2.45, 2.75) is 19.8 Å². The molecule has 1 atom stereocenters. The predicted octanol–water partition coefficient (Wildman–Crippen LogP) is 3.27. The van der Waals surface area contributed by atoms with Crippen molar-refractivity contribution in [2.24, 2.45) is 5.92 Å². The molecular formula is C21H26N4O2. The van der Waals surface area contributed by atoms with E-state index in [4.69, 9.17) is 0 Å². The fraction of sp³-hybridized carbons (Fsp3) is 0.381. The Bertz CT molecular complexity index is 817. The first-order valence-electron chi connectivity index (χ1n) is 9.28. The lowest BCUT2D eigenvalue weighted by Gasteiger charge is -2.31. The van der Waals surface area contributed by atoms with Crippen LogP contribution in [0.5, 0.6) is 0 Å². The van der Waals surface area contributed by atoms with Crippen molar-refractivity contribution >= 4 is 23.2 Å². The van der Waals surface area contributed by atoms with Gasteiger partial charge in [-0.25, -0.2) is 0 Å². The second-order valence-electron chi connectivity index (χ2n) is 7.32. The molecule has 0 saturated carbocycles. The first-order valence-corrected chi connectivity index (χ1v) is 9.28. The normalized spacial score (nSPS) is 16.7. The number of likely N-dealkylation sites (tertiary alicyclic amines) is 1. The van der Waals surface area contributed by atoms with E-state index in [0.717, 1.165) is 31.6 Å². The summed E-state index contributed by atoms with van der Waals surface area (Å²) in [4.78, 5) is 33.3. The lowest BCUT2D eigenvalue weighted by molar-refractivity contribution is 0.0683. The van der Waals surface area contributed by atoms with Crippen LogP contribution in [-0.2, 0) is 0 Å². The Kier molecular flexibility index (Phi) is 5.74. The summed E-state index contributed by atoms with van der Waals surface area (Å²) in [5, 5.41) is 2.83. The number of benzene rings is 1. The van der Waals surface area contributed by atoms with Gasteiger partial charge in [-0.05, 0) is 55.2 Å². The highest BCUT2D eigenvalue weighted by Crippen LogP contribution is 2.19. The molecule has 1 aromatic carbocycles. The summed E-state index contributed by atoms with van der Waals surface area (Å²) in [6.07, 6.45) is 3.69. The summed E-state index contributed by atoms with van der Waals surface area (Å²) in [5.41, 5.74) is 2.48. The van der Waals surface area contributed by atoms with Crippen LogP contribution in [0, 0.1) is 5.92 Å². The third-order valence-electron chi connectivity index (χ3n) is 4.83. The molecule has 1 aliphatic heterocycles. The molecule has 0 bridgehead atoms. The van der Waals surface area contributed by atoms with Crippen molar-refractivity contribution in [3.05, 3.63) is 53.9 Å². The van der Waals surface area contributed by atoms with Crippen molar-refractivity contribution in [3.63, 3.8) is 0 Å². The predicted molar refractivity (Wildman–Crippen MR) is 107 cm³/mol. The molecule has 0 aliphatic carbocycles. The smallest absolute Gasteiger partial charge is 0.274 e. The van der Waals surface area contributed by atoms with E-state index in [0.29, 0.717) is 17.2 Å². The van der Waals surface area contributed by atoms with Gasteiger partial charge in [0.2, 0.25) is 0 Å². The van der Waals surface area contributed by atoms with Crippen LogP contribution < -0.4 is 10.2 Å². The van der Waals surface area contributed by atoms with Gasteiger partial charge in [0, 0.05) is 50.3 Å². The molecule has 1 aliphatic rings. The molecule has 6 heteroatoms. The lowest BCUT2D eigenvalue weighted by Crippen LogP contribution is -2.39. The van der Waals surface area contributed by atoms with Crippen LogP contribution in [0.2, 0.25) is 0 Å². The van der Waals surface area contributed by atoms with E-state index in [9.17, 15) is 9.59 Å². The van der Waals surface area contributed by atoms with Crippen LogP contribution in [0.1, 0.15) is 40.6 Å². The maximum absolute atomic E-state index is 12.7. The van der Waals surface area contributed by atoms with Crippen molar-refractivity contribution in [1.29, 1.82) is 0 Å². The summed E-state index contributed by atoms with van der Waals surface area (Å²) in [5.74, 6) is 0.153. The number of carbonyl (C=O) groups is 2. The number of carbonyl (C=O) groups excluding carboxylic acids is 2. The Hall–Kier alpha value is -2.89. The summed E-state index contributed by atoms with van der Waals surface area (Å²) in [6.45, 7) is 3.69. The molecule has 2 aromatic rings. The lowest BCUT2D eigenvalue weighted by atomic mass is 9.99. The van der Waals surface area contributed by atoms with E-state index in [1.807, 2.05) is 48.2 Å². The fourth-order valence-corrected chi connectivity index (χ4v) is 3.28. The number of amides is 2.